The van der Waals surface area contributed by atoms with Crippen LogP contribution in [0.3, 0.4) is 0 Å². The number of benzene rings is 1. The zero-order valence-corrected chi connectivity index (χ0v) is 11.5. The molecular weight excluding hydrogens is 290 g/mol. The smallest absolute Gasteiger partial charge is 0.255 e. The van der Waals surface area contributed by atoms with E-state index in [2.05, 4.69) is 15.9 Å². The number of nitrogens with zero attached hydrogens (tertiary/aromatic N) is 1. The van der Waals surface area contributed by atoms with E-state index in [9.17, 15) is 8.78 Å². The molecule has 1 atom stereocenters. The van der Waals surface area contributed by atoms with Crippen molar-refractivity contribution >= 4 is 21.6 Å². The number of nitrogens with two attached hydrogens (primary N) is 1. The van der Waals surface area contributed by atoms with Crippen LogP contribution in [0.25, 0.3) is 0 Å². The minimum Gasteiger partial charge on any atom is -0.368 e. The third-order valence-corrected chi connectivity index (χ3v) is 3.03. The Hall–Kier alpha value is -0.680. The van der Waals surface area contributed by atoms with Crippen molar-refractivity contribution in [2.45, 2.75) is 25.8 Å². The maximum absolute atomic E-state index is 12.3. The number of hydrogen-bond acceptors (Lipinski definition) is 2. The van der Waals surface area contributed by atoms with Gasteiger partial charge in [-0.2, -0.15) is 0 Å². The van der Waals surface area contributed by atoms with Crippen LogP contribution in [-0.4, -0.2) is 26.1 Å². The summed E-state index contributed by atoms with van der Waals surface area (Å²) in [6, 6.07) is 5.78. The first kappa shape index (κ1) is 14.4. The van der Waals surface area contributed by atoms with Crippen molar-refractivity contribution < 1.29 is 8.78 Å². The van der Waals surface area contributed by atoms with Crippen LogP contribution in [0.2, 0.25) is 0 Å². The maximum atomic E-state index is 12.3. The lowest BCUT2D eigenvalue weighted by Crippen LogP contribution is -2.24. The van der Waals surface area contributed by atoms with Gasteiger partial charge in [0.1, 0.15) is 0 Å². The first-order valence-corrected chi connectivity index (χ1v) is 6.22. The molecule has 0 aliphatic carbocycles. The average molecular weight is 307 g/mol. The second-order valence-corrected chi connectivity index (χ2v) is 5.09. The van der Waals surface area contributed by atoms with Crippen molar-refractivity contribution in [1.82, 2.24) is 0 Å². The lowest BCUT2D eigenvalue weighted by atomic mass is 10.1. The van der Waals surface area contributed by atoms with Crippen LogP contribution < -0.4 is 10.6 Å². The second-order valence-electron chi connectivity index (χ2n) is 4.24. The number of alkyl halides is 2. The summed E-state index contributed by atoms with van der Waals surface area (Å²) in [5, 5.41) is 0. The number of halogens is 3. The highest BCUT2D eigenvalue weighted by molar-refractivity contribution is 9.10. The number of hydrogen-bond donors (Lipinski definition) is 1. The molecule has 0 heterocycles. The Morgan fingerprint density at radius 3 is 2.53 bits per heavy atom. The summed E-state index contributed by atoms with van der Waals surface area (Å²) in [5.74, 6) is 0. The van der Waals surface area contributed by atoms with Gasteiger partial charge >= 0.3 is 0 Å². The summed E-state index contributed by atoms with van der Waals surface area (Å²) in [6.07, 6.45) is -1.56. The van der Waals surface area contributed by atoms with Crippen LogP contribution in [0.5, 0.6) is 0 Å². The van der Waals surface area contributed by atoms with Crippen LogP contribution in [0.1, 0.15) is 12.5 Å². The molecule has 0 amide bonds. The zero-order chi connectivity index (χ0) is 13.0. The van der Waals surface area contributed by atoms with Gasteiger partial charge in [0.2, 0.25) is 0 Å². The van der Waals surface area contributed by atoms with Crippen molar-refractivity contribution in [3.05, 3.63) is 28.2 Å². The van der Waals surface area contributed by atoms with Gasteiger partial charge in [-0.05, 0) is 47.0 Å². The molecule has 17 heavy (non-hydrogen) atoms. The minimum absolute atomic E-state index is 0.0894. The molecule has 0 saturated heterocycles. The van der Waals surface area contributed by atoms with E-state index in [1.54, 1.807) is 7.05 Å². The fourth-order valence-corrected chi connectivity index (χ4v) is 2.39. The van der Waals surface area contributed by atoms with E-state index in [1.165, 1.54) is 4.90 Å². The van der Waals surface area contributed by atoms with Crippen molar-refractivity contribution in [2.75, 3.05) is 18.5 Å². The molecular formula is C12H17BrF2N2. The van der Waals surface area contributed by atoms with E-state index in [-0.39, 0.29) is 12.6 Å². The Kier molecular flexibility index (Phi) is 5.33. The molecule has 1 rings (SSSR count). The standard InChI is InChI=1S/C12H17BrF2N2/c1-8(16)5-9-3-4-11(10(13)6-9)17(2)7-12(14)15/h3-4,6,8,12H,5,7,16H2,1-2H3. The number of anilines is 1. The van der Waals surface area contributed by atoms with Gasteiger partial charge < -0.3 is 10.6 Å². The first-order chi connectivity index (χ1) is 7.90. The second kappa shape index (κ2) is 6.31. The Morgan fingerprint density at radius 2 is 2.06 bits per heavy atom. The fraction of sp³-hybridized carbons (Fsp3) is 0.500. The van der Waals surface area contributed by atoms with Gasteiger partial charge in [-0.25, -0.2) is 8.78 Å². The SMILES string of the molecule is CC(N)Cc1ccc(N(C)CC(F)F)c(Br)c1. The highest BCUT2D eigenvalue weighted by Crippen LogP contribution is 2.27. The lowest BCUT2D eigenvalue weighted by molar-refractivity contribution is 0.156. The van der Waals surface area contributed by atoms with Gasteiger partial charge in [-0.15, -0.1) is 0 Å². The van der Waals surface area contributed by atoms with Crippen LogP contribution in [0.4, 0.5) is 14.5 Å². The molecule has 1 aromatic rings. The van der Waals surface area contributed by atoms with Crippen molar-refractivity contribution in [3.63, 3.8) is 0 Å². The summed E-state index contributed by atoms with van der Waals surface area (Å²) in [5.41, 5.74) is 7.57. The van der Waals surface area contributed by atoms with Crippen LogP contribution in [-0.2, 0) is 6.42 Å². The molecule has 1 unspecified atom stereocenters. The van der Waals surface area contributed by atoms with Crippen molar-refractivity contribution in [3.8, 4) is 0 Å². The molecule has 1 aromatic carbocycles. The molecule has 0 radical (unpaired) electrons. The Labute approximate surface area is 109 Å². The van der Waals surface area contributed by atoms with E-state index >= 15 is 0 Å². The van der Waals surface area contributed by atoms with E-state index < -0.39 is 6.43 Å². The quantitative estimate of drug-likeness (QED) is 0.906. The van der Waals surface area contributed by atoms with E-state index in [1.807, 2.05) is 25.1 Å². The lowest BCUT2D eigenvalue weighted by Gasteiger charge is -2.21. The fourth-order valence-electron chi connectivity index (χ4n) is 1.66. The van der Waals surface area contributed by atoms with Crippen LogP contribution >= 0.6 is 15.9 Å². The molecule has 0 aliphatic heterocycles. The minimum atomic E-state index is -2.34. The molecule has 0 bridgehead atoms. The molecule has 2 nitrogen and oxygen atoms in total. The molecule has 0 saturated carbocycles. The molecule has 96 valence electrons. The largest absolute Gasteiger partial charge is 0.368 e. The molecule has 5 heteroatoms. The molecule has 2 N–H and O–H groups in total. The maximum Gasteiger partial charge on any atom is 0.255 e. The predicted molar refractivity (Wildman–Crippen MR) is 70.8 cm³/mol. The van der Waals surface area contributed by atoms with Crippen LogP contribution in [0, 0.1) is 0 Å². The topological polar surface area (TPSA) is 29.3 Å². The average Bonchev–Trinajstić information content (AvgIpc) is 2.14. The third kappa shape index (κ3) is 4.60. The highest BCUT2D eigenvalue weighted by Gasteiger charge is 2.11. The van der Waals surface area contributed by atoms with Gasteiger partial charge in [-0.1, -0.05) is 6.07 Å². The first-order valence-electron chi connectivity index (χ1n) is 5.43. The monoisotopic (exact) mass is 306 g/mol. The summed E-state index contributed by atoms with van der Waals surface area (Å²) in [4.78, 5) is 1.53. The Balaban J connectivity index is 2.82. The normalized spacial score (nSPS) is 12.9. The highest BCUT2D eigenvalue weighted by atomic mass is 79.9. The zero-order valence-electron chi connectivity index (χ0n) is 9.96. The third-order valence-electron chi connectivity index (χ3n) is 2.39. The van der Waals surface area contributed by atoms with Gasteiger partial charge in [-0.3, -0.25) is 0 Å². The number of rotatable bonds is 5. The summed E-state index contributed by atoms with van der Waals surface area (Å²) in [7, 11) is 1.65. The summed E-state index contributed by atoms with van der Waals surface area (Å²) >= 11 is 3.40. The van der Waals surface area contributed by atoms with Gasteiger partial charge in [0.15, 0.2) is 0 Å². The van der Waals surface area contributed by atoms with Crippen molar-refractivity contribution in [1.29, 1.82) is 0 Å². The summed E-state index contributed by atoms with van der Waals surface area (Å²) < 4.78 is 25.4. The predicted octanol–water partition coefficient (Wildman–Crippen LogP) is 3.04. The Bertz CT molecular complexity index is 370. The van der Waals surface area contributed by atoms with E-state index in [0.717, 1.165) is 22.1 Å². The van der Waals surface area contributed by atoms with E-state index in [0.29, 0.717) is 0 Å². The molecule has 0 aromatic heterocycles. The van der Waals surface area contributed by atoms with Gasteiger partial charge in [0.25, 0.3) is 6.43 Å². The van der Waals surface area contributed by atoms with Crippen LogP contribution in [0.15, 0.2) is 22.7 Å². The van der Waals surface area contributed by atoms with Gasteiger partial charge in [0, 0.05) is 17.6 Å². The molecule has 0 aliphatic rings. The molecule has 0 spiro atoms. The van der Waals surface area contributed by atoms with E-state index in [4.69, 9.17) is 5.73 Å². The Morgan fingerprint density at radius 1 is 1.41 bits per heavy atom. The van der Waals surface area contributed by atoms with Gasteiger partial charge in [0.05, 0.1) is 12.2 Å². The summed E-state index contributed by atoms with van der Waals surface area (Å²) in [6.45, 7) is 1.66. The van der Waals surface area contributed by atoms with Crippen molar-refractivity contribution in [2.24, 2.45) is 5.73 Å². The molecule has 0 fully saturated rings.